The highest BCUT2D eigenvalue weighted by atomic mass is 32.1. The van der Waals surface area contributed by atoms with E-state index in [9.17, 15) is 4.79 Å². The maximum absolute atomic E-state index is 12.7. The number of carbonyl (C=O) groups is 1. The van der Waals surface area contributed by atoms with Crippen LogP contribution in [0.15, 0.2) is 33.7 Å². The van der Waals surface area contributed by atoms with Crippen molar-refractivity contribution < 1.29 is 18.7 Å². The van der Waals surface area contributed by atoms with Gasteiger partial charge in [0.1, 0.15) is 17.3 Å². The number of amides is 1. The Bertz CT molecular complexity index is 1010. The summed E-state index contributed by atoms with van der Waals surface area (Å²) in [6, 6.07) is 7.65. The Balaban J connectivity index is 2.07. The number of hydrogen-bond donors (Lipinski definition) is 0. The van der Waals surface area contributed by atoms with Crippen LogP contribution in [-0.4, -0.2) is 30.3 Å². The Morgan fingerprint density at radius 1 is 1.22 bits per heavy atom. The van der Waals surface area contributed by atoms with Crippen molar-refractivity contribution in [1.82, 2.24) is 4.57 Å². The molecule has 0 saturated carbocycles. The molecule has 0 aliphatic rings. The molecule has 1 amide bonds. The molecule has 0 spiro atoms. The Hall–Kier alpha value is -2.38. The Labute approximate surface area is 162 Å². The molecule has 3 aromatic rings. The number of benzene rings is 1. The lowest BCUT2D eigenvalue weighted by Gasteiger charge is -2.06. The Kier molecular flexibility index (Phi) is 6.13. The SMILES string of the molecule is CCOCCn1c(=NC(=O)c2cc(C)oc2C)sc2cc(OCC)ccc21. The first-order valence-corrected chi connectivity index (χ1v) is 9.85. The zero-order valence-corrected chi connectivity index (χ0v) is 16.9. The predicted octanol–water partition coefficient (Wildman–Crippen LogP) is 4.09. The number of furan rings is 1. The van der Waals surface area contributed by atoms with E-state index < -0.39 is 0 Å². The lowest BCUT2D eigenvalue weighted by atomic mass is 10.2. The molecular weight excluding hydrogens is 364 g/mol. The number of rotatable bonds is 7. The number of thiazole rings is 1. The number of carbonyl (C=O) groups excluding carboxylic acids is 1. The molecule has 0 aliphatic heterocycles. The van der Waals surface area contributed by atoms with Gasteiger partial charge < -0.3 is 18.5 Å². The first kappa shape index (κ1) is 19.4. The number of fused-ring (bicyclic) bond motifs is 1. The van der Waals surface area contributed by atoms with E-state index in [4.69, 9.17) is 13.9 Å². The summed E-state index contributed by atoms with van der Waals surface area (Å²) < 4.78 is 19.6. The van der Waals surface area contributed by atoms with E-state index in [1.807, 2.05) is 43.5 Å². The fraction of sp³-hybridized carbons (Fsp3) is 0.400. The molecule has 1 aromatic carbocycles. The summed E-state index contributed by atoms with van der Waals surface area (Å²) in [5.41, 5.74) is 1.51. The van der Waals surface area contributed by atoms with Crippen molar-refractivity contribution >= 4 is 27.5 Å². The van der Waals surface area contributed by atoms with Crippen LogP contribution in [0, 0.1) is 13.8 Å². The minimum absolute atomic E-state index is 0.300. The van der Waals surface area contributed by atoms with Gasteiger partial charge in [-0.3, -0.25) is 4.79 Å². The lowest BCUT2D eigenvalue weighted by Crippen LogP contribution is -2.19. The van der Waals surface area contributed by atoms with Crippen LogP contribution in [0.3, 0.4) is 0 Å². The van der Waals surface area contributed by atoms with Gasteiger partial charge in [-0.25, -0.2) is 0 Å². The second kappa shape index (κ2) is 8.54. The predicted molar refractivity (Wildman–Crippen MR) is 106 cm³/mol. The molecule has 0 aliphatic carbocycles. The molecule has 2 heterocycles. The van der Waals surface area contributed by atoms with Gasteiger partial charge in [0.2, 0.25) is 0 Å². The molecule has 7 heteroatoms. The lowest BCUT2D eigenvalue weighted by molar-refractivity contribution is 0.0995. The van der Waals surface area contributed by atoms with Crippen molar-refractivity contribution in [2.24, 2.45) is 4.99 Å². The number of aromatic nitrogens is 1. The summed E-state index contributed by atoms with van der Waals surface area (Å²) in [6.07, 6.45) is 0. The van der Waals surface area contributed by atoms with Crippen LogP contribution >= 0.6 is 11.3 Å². The van der Waals surface area contributed by atoms with E-state index in [0.29, 0.717) is 48.3 Å². The zero-order valence-electron chi connectivity index (χ0n) is 16.1. The first-order chi connectivity index (χ1) is 13.0. The van der Waals surface area contributed by atoms with E-state index in [1.54, 1.807) is 13.0 Å². The number of ether oxygens (including phenoxy) is 2. The van der Waals surface area contributed by atoms with Gasteiger partial charge in [0, 0.05) is 13.2 Å². The largest absolute Gasteiger partial charge is 0.494 e. The summed E-state index contributed by atoms with van der Waals surface area (Å²) in [5, 5.41) is 0. The van der Waals surface area contributed by atoms with E-state index in [0.717, 1.165) is 16.0 Å². The van der Waals surface area contributed by atoms with Crippen molar-refractivity contribution in [3.8, 4) is 5.75 Å². The fourth-order valence-electron chi connectivity index (χ4n) is 2.90. The van der Waals surface area contributed by atoms with Crippen LogP contribution in [-0.2, 0) is 11.3 Å². The topological polar surface area (TPSA) is 66.0 Å². The molecule has 2 aromatic heterocycles. The van der Waals surface area contributed by atoms with E-state index >= 15 is 0 Å². The molecule has 0 bridgehead atoms. The molecule has 0 atom stereocenters. The third kappa shape index (κ3) is 4.31. The Morgan fingerprint density at radius 3 is 2.70 bits per heavy atom. The Morgan fingerprint density at radius 2 is 2.04 bits per heavy atom. The smallest absolute Gasteiger partial charge is 0.283 e. The highest BCUT2D eigenvalue weighted by Gasteiger charge is 2.14. The van der Waals surface area contributed by atoms with Crippen LogP contribution in [0.2, 0.25) is 0 Å². The van der Waals surface area contributed by atoms with E-state index in [2.05, 4.69) is 4.99 Å². The average molecular weight is 388 g/mol. The molecule has 0 unspecified atom stereocenters. The van der Waals surface area contributed by atoms with Crippen molar-refractivity contribution in [3.05, 3.63) is 46.2 Å². The summed E-state index contributed by atoms with van der Waals surface area (Å²) in [6.45, 7) is 9.95. The minimum Gasteiger partial charge on any atom is -0.494 e. The monoisotopic (exact) mass is 388 g/mol. The third-order valence-corrected chi connectivity index (χ3v) is 5.14. The molecule has 0 N–H and O–H groups in total. The highest BCUT2D eigenvalue weighted by molar-refractivity contribution is 7.16. The summed E-state index contributed by atoms with van der Waals surface area (Å²) in [7, 11) is 0. The van der Waals surface area contributed by atoms with Crippen molar-refractivity contribution in [2.45, 2.75) is 34.2 Å². The van der Waals surface area contributed by atoms with Crippen LogP contribution in [0.25, 0.3) is 10.2 Å². The van der Waals surface area contributed by atoms with Gasteiger partial charge in [0.25, 0.3) is 5.91 Å². The maximum atomic E-state index is 12.7. The molecule has 27 heavy (non-hydrogen) atoms. The van der Waals surface area contributed by atoms with E-state index in [-0.39, 0.29) is 5.91 Å². The molecule has 3 rings (SSSR count). The molecule has 0 fully saturated rings. The molecular formula is C20H24N2O4S. The van der Waals surface area contributed by atoms with Crippen LogP contribution < -0.4 is 9.54 Å². The molecule has 144 valence electrons. The summed E-state index contributed by atoms with van der Waals surface area (Å²) in [5.74, 6) is 1.79. The van der Waals surface area contributed by atoms with Crippen LogP contribution in [0.5, 0.6) is 5.75 Å². The van der Waals surface area contributed by atoms with Crippen LogP contribution in [0.4, 0.5) is 0 Å². The van der Waals surface area contributed by atoms with Gasteiger partial charge >= 0.3 is 0 Å². The second-order valence-corrected chi connectivity index (χ2v) is 7.05. The second-order valence-electron chi connectivity index (χ2n) is 6.04. The quantitative estimate of drug-likeness (QED) is 0.572. The molecule has 0 saturated heterocycles. The van der Waals surface area contributed by atoms with Gasteiger partial charge in [-0.2, -0.15) is 4.99 Å². The van der Waals surface area contributed by atoms with E-state index in [1.165, 1.54) is 11.3 Å². The molecule has 6 nitrogen and oxygen atoms in total. The van der Waals surface area contributed by atoms with Gasteiger partial charge in [-0.15, -0.1) is 0 Å². The van der Waals surface area contributed by atoms with Crippen molar-refractivity contribution in [2.75, 3.05) is 19.8 Å². The van der Waals surface area contributed by atoms with Gasteiger partial charge in [-0.05, 0) is 52.0 Å². The fourth-order valence-corrected chi connectivity index (χ4v) is 3.98. The zero-order chi connectivity index (χ0) is 19.4. The maximum Gasteiger partial charge on any atom is 0.283 e. The normalized spacial score (nSPS) is 12.1. The first-order valence-electron chi connectivity index (χ1n) is 9.03. The van der Waals surface area contributed by atoms with Crippen LogP contribution in [0.1, 0.15) is 35.7 Å². The number of aryl methyl sites for hydroxylation is 2. The third-order valence-electron chi connectivity index (χ3n) is 4.10. The summed E-state index contributed by atoms with van der Waals surface area (Å²) >= 11 is 1.47. The standard InChI is InChI=1S/C20H24N2O4S/c1-5-24-10-9-22-17-8-7-15(25-6-2)12-18(17)27-20(22)21-19(23)16-11-13(3)26-14(16)4/h7-8,11-12H,5-6,9-10H2,1-4H3. The summed E-state index contributed by atoms with van der Waals surface area (Å²) in [4.78, 5) is 17.7. The number of nitrogens with zero attached hydrogens (tertiary/aromatic N) is 2. The average Bonchev–Trinajstić information content (AvgIpc) is 3.14. The van der Waals surface area contributed by atoms with Gasteiger partial charge in [-0.1, -0.05) is 11.3 Å². The molecule has 0 radical (unpaired) electrons. The number of hydrogen-bond acceptors (Lipinski definition) is 5. The highest BCUT2D eigenvalue weighted by Crippen LogP contribution is 2.24. The van der Waals surface area contributed by atoms with Gasteiger partial charge in [0.05, 0.1) is 29.0 Å². The minimum atomic E-state index is -0.300. The van der Waals surface area contributed by atoms with Crippen molar-refractivity contribution in [1.29, 1.82) is 0 Å². The van der Waals surface area contributed by atoms with Crippen molar-refractivity contribution in [3.63, 3.8) is 0 Å². The van der Waals surface area contributed by atoms with Gasteiger partial charge in [0.15, 0.2) is 4.80 Å².